The third-order valence-corrected chi connectivity index (χ3v) is 5.11. The Morgan fingerprint density at radius 2 is 1.50 bits per heavy atom. The summed E-state index contributed by atoms with van der Waals surface area (Å²) in [7, 11) is 3.33. The topological polar surface area (TPSA) is 119 Å². The van der Waals surface area contributed by atoms with E-state index < -0.39 is 0 Å². The average molecular weight is 596 g/mol. The number of nitrogens with zero attached hydrogens (tertiary/aromatic N) is 1. The number of carbonyl (C=O) groups is 4. The molecule has 0 spiro atoms. The first-order chi connectivity index (χ1) is 20.1. The molecule has 3 N–H and O–H groups in total. The molecule has 42 heavy (non-hydrogen) atoms. The zero-order valence-electron chi connectivity index (χ0n) is 28.5. The monoisotopic (exact) mass is 595 g/mol. The maximum Gasteiger partial charge on any atom is 0.242 e. The Kier molecular flexibility index (Phi) is 62.1. The van der Waals surface area contributed by atoms with E-state index in [0.717, 1.165) is 31.7 Å². The molecule has 1 atom stereocenters. The second kappa shape index (κ2) is 47.6. The van der Waals surface area contributed by atoms with Gasteiger partial charge in [0.15, 0.2) is 0 Å². The average Bonchev–Trinajstić information content (AvgIpc) is 3.74. The summed E-state index contributed by atoms with van der Waals surface area (Å²) in [5.74, 6) is 0.688. The van der Waals surface area contributed by atoms with Gasteiger partial charge in [0.1, 0.15) is 19.1 Å². The van der Waals surface area contributed by atoms with Gasteiger partial charge in [-0.15, -0.1) is 38.9 Å². The molecule has 0 aromatic heterocycles. The van der Waals surface area contributed by atoms with Crippen LogP contribution in [0.4, 0.5) is 0 Å². The number of hydrogen-bond donors (Lipinski definition) is 2. The maximum atomic E-state index is 11.3. The minimum Gasteiger partial charge on any atom is -0.385 e. The highest BCUT2D eigenvalue weighted by Crippen LogP contribution is 2.30. The van der Waals surface area contributed by atoms with Gasteiger partial charge in [-0.05, 0) is 56.8 Å². The van der Waals surface area contributed by atoms with Crippen LogP contribution in [0.1, 0.15) is 93.4 Å². The number of carbonyl (C=O) groups excluding carboxylic acids is 4. The molecule has 2 fully saturated rings. The molecule has 8 heteroatoms. The van der Waals surface area contributed by atoms with Crippen molar-refractivity contribution in [3.63, 3.8) is 0 Å². The van der Waals surface area contributed by atoms with E-state index in [9.17, 15) is 9.59 Å². The SMILES string of the molecule is C#C.C#C.C=C.C=O.CC.CC=O.CCC(C)(C)C.CNC(=O)[C@@H]1CCCN1C(=O)CN.COCCC/C=C\C1CC1. The van der Waals surface area contributed by atoms with E-state index in [2.05, 4.69) is 84.0 Å². The lowest BCUT2D eigenvalue weighted by molar-refractivity contribution is -0.137. The summed E-state index contributed by atoms with van der Waals surface area (Å²) in [4.78, 5) is 40.9. The zero-order chi connectivity index (χ0) is 35.0. The molecule has 0 bridgehead atoms. The van der Waals surface area contributed by atoms with Gasteiger partial charge >= 0.3 is 0 Å². The molecular weight excluding hydrogens is 530 g/mol. The Hall–Kier alpha value is -3.20. The fourth-order valence-electron chi connectivity index (χ4n) is 2.54. The summed E-state index contributed by atoms with van der Waals surface area (Å²) in [5.41, 5.74) is 5.77. The lowest BCUT2D eigenvalue weighted by Crippen LogP contribution is -2.46. The highest BCUT2D eigenvalue weighted by molar-refractivity contribution is 5.88. The Balaban J connectivity index is -0.0000000753. The number of terminal acetylenes is 2. The van der Waals surface area contributed by atoms with Gasteiger partial charge in [0, 0.05) is 27.3 Å². The first-order valence-electron chi connectivity index (χ1n) is 14.3. The molecular formula is C34H65N3O5. The predicted octanol–water partition coefficient (Wildman–Crippen LogP) is 5.85. The van der Waals surface area contributed by atoms with Crippen molar-refractivity contribution in [1.82, 2.24) is 10.2 Å². The van der Waals surface area contributed by atoms with Crippen molar-refractivity contribution >= 4 is 24.9 Å². The Morgan fingerprint density at radius 3 is 1.81 bits per heavy atom. The van der Waals surface area contributed by atoms with Crippen molar-refractivity contribution in [2.45, 2.75) is 99.5 Å². The van der Waals surface area contributed by atoms with Crippen LogP contribution in [0.25, 0.3) is 0 Å². The molecule has 2 amide bonds. The van der Waals surface area contributed by atoms with E-state index in [-0.39, 0.29) is 24.4 Å². The van der Waals surface area contributed by atoms with Crippen molar-refractivity contribution in [2.75, 3.05) is 33.9 Å². The first-order valence-corrected chi connectivity index (χ1v) is 14.3. The molecule has 1 saturated carbocycles. The van der Waals surface area contributed by atoms with E-state index in [0.29, 0.717) is 12.0 Å². The van der Waals surface area contributed by atoms with Crippen LogP contribution in [0, 0.1) is 37.0 Å². The van der Waals surface area contributed by atoms with Crippen LogP contribution in [-0.2, 0) is 23.9 Å². The van der Waals surface area contributed by atoms with Crippen molar-refractivity contribution in [3.8, 4) is 25.7 Å². The molecule has 1 aliphatic carbocycles. The van der Waals surface area contributed by atoms with Gasteiger partial charge in [-0.3, -0.25) is 9.59 Å². The van der Waals surface area contributed by atoms with Gasteiger partial charge in [-0.2, -0.15) is 0 Å². The quantitative estimate of drug-likeness (QED) is 0.165. The summed E-state index contributed by atoms with van der Waals surface area (Å²) in [6.07, 6.45) is 29.5. The molecule has 246 valence electrons. The maximum absolute atomic E-state index is 11.3. The second-order valence-corrected chi connectivity index (χ2v) is 9.11. The molecule has 0 aromatic carbocycles. The van der Waals surface area contributed by atoms with Crippen LogP contribution in [0.15, 0.2) is 25.3 Å². The predicted molar refractivity (Wildman–Crippen MR) is 182 cm³/mol. The largest absolute Gasteiger partial charge is 0.385 e. The minimum absolute atomic E-state index is 0.0203. The Bertz CT molecular complexity index is 606. The summed E-state index contributed by atoms with van der Waals surface area (Å²) in [5, 5.41) is 2.54. The fraction of sp³-hybridized carbons (Fsp3) is 0.647. The smallest absolute Gasteiger partial charge is 0.242 e. The van der Waals surface area contributed by atoms with Gasteiger partial charge in [0.2, 0.25) is 11.8 Å². The number of allylic oxidation sites excluding steroid dienone is 2. The number of nitrogens with one attached hydrogen (secondary N) is 1. The number of methoxy groups -OCH3 is 1. The van der Waals surface area contributed by atoms with Crippen LogP contribution in [-0.4, -0.2) is 69.7 Å². The van der Waals surface area contributed by atoms with Crippen LogP contribution >= 0.6 is 0 Å². The van der Waals surface area contributed by atoms with Gasteiger partial charge in [0.05, 0.1) is 6.54 Å². The highest BCUT2D eigenvalue weighted by atomic mass is 16.5. The molecule has 0 aromatic rings. The fourth-order valence-corrected chi connectivity index (χ4v) is 2.54. The van der Waals surface area contributed by atoms with Crippen molar-refractivity contribution in [3.05, 3.63) is 25.3 Å². The number of hydrogen-bond acceptors (Lipinski definition) is 6. The molecule has 2 aliphatic rings. The van der Waals surface area contributed by atoms with E-state index in [1.54, 1.807) is 19.1 Å². The van der Waals surface area contributed by atoms with Crippen LogP contribution < -0.4 is 11.1 Å². The molecule has 0 unspecified atom stereocenters. The number of likely N-dealkylation sites (tertiary alicyclic amines) is 1. The van der Waals surface area contributed by atoms with E-state index in [4.69, 9.17) is 20.1 Å². The van der Waals surface area contributed by atoms with Crippen molar-refractivity contribution in [2.24, 2.45) is 17.1 Å². The number of amides is 2. The highest BCUT2D eigenvalue weighted by Gasteiger charge is 2.32. The molecule has 1 saturated heterocycles. The summed E-state index contributed by atoms with van der Waals surface area (Å²) < 4.78 is 4.93. The lowest BCUT2D eigenvalue weighted by atomic mass is 9.94. The number of ether oxygens (including phenoxy) is 1. The van der Waals surface area contributed by atoms with Crippen molar-refractivity contribution < 1.29 is 23.9 Å². The standard InChI is InChI=1S/C9H16O.C8H15N3O2.C6H14.C2H4O.C2H6.C2H4.2C2H2.CH2O/c1-10-8-4-2-3-5-9-6-7-9;1-10-8(13)6-3-2-4-11(6)7(12)5-9;1-5-6(2,3)4;1-2-3;5*1-2/h3,5,9H,2,4,6-8H2,1H3;6H,2-5,9H2,1H3,(H,10,13);5H2,1-4H3;2H,1H3;1-2H3;1-2H2;2*1-2H;1H2/b5-3-;;;;;;;;/t;6-;;;;;;;/m.0......./s1. The molecule has 8 nitrogen and oxygen atoms in total. The lowest BCUT2D eigenvalue weighted by Gasteiger charge is -2.22. The number of likely N-dealkylation sites (N-methyl/N-ethyl adjacent to an activating group) is 1. The van der Waals surface area contributed by atoms with Gasteiger partial charge < -0.3 is 30.3 Å². The number of unbranched alkanes of at least 4 members (excludes halogenated alkanes) is 1. The van der Waals surface area contributed by atoms with Crippen LogP contribution in [0.2, 0.25) is 0 Å². The zero-order valence-corrected chi connectivity index (χ0v) is 28.5. The van der Waals surface area contributed by atoms with Crippen molar-refractivity contribution in [1.29, 1.82) is 0 Å². The minimum atomic E-state index is -0.305. The van der Waals surface area contributed by atoms with E-state index in [1.165, 1.54) is 39.0 Å². The second-order valence-electron chi connectivity index (χ2n) is 9.11. The van der Waals surface area contributed by atoms with E-state index in [1.807, 2.05) is 20.6 Å². The third-order valence-electron chi connectivity index (χ3n) is 5.11. The van der Waals surface area contributed by atoms with E-state index >= 15 is 0 Å². The number of aldehydes is 1. The van der Waals surface area contributed by atoms with Gasteiger partial charge in [-0.1, -0.05) is 60.1 Å². The van der Waals surface area contributed by atoms with Crippen LogP contribution in [0.5, 0.6) is 0 Å². The summed E-state index contributed by atoms with van der Waals surface area (Å²) in [6.45, 7) is 23.9. The normalized spacial score (nSPS) is 13.6. The number of rotatable bonds is 7. The summed E-state index contributed by atoms with van der Waals surface area (Å²) in [6, 6.07) is -0.305. The third kappa shape index (κ3) is 46.6. The summed E-state index contributed by atoms with van der Waals surface area (Å²) >= 11 is 0. The first kappa shape index (κ1) is 54.8. The van der Waals surface area contributed by atoms with Gasteiger partial charge in [0.25, 0.3) is 0 Å². The number of nitrogens with two attached hydrogens (primary N) is 1. The van der Waals surface area contributed by atoms with Crippen LogP contribution in [0.3, 0.4) is 0 Å². The molecule has 0 radical (unpaired) electrons. The van der Waals surface area contributed by atoms with Gasteiger partial charge in [-0.25, -0.2) is 0 Å². The Morgan fingerprint density at radius 1 is 1.07 bits per heavy atom. The molecule has 1 aliphatic heterocycles. The molecule has 2 rings (SSSR count). The Labute approximate surface area is 260 Å². The molecule has 1 heterocycles.